The van der Waals surface area contributed by atoms with Gasteiger partial charge in [0.2, 0.25) is 0 Å². The van der Waals surface area contributed by atoms with Crippen molar-refractivity contribution in [1.29, 1.82) is 0 Å². The van der Waals surface area contributed by atoms with Gasteiger partial charge in [0.15, 0.2) is 0 Å². The largest absolute Gasteiger partial charge is 0.497 e. The second-order valence-electron chi connectivity index (χ2n) is 4.22. The monoisotopic (exact) mass is 292 g/mol. The van der Waals surface area contributed by atoms with Crippen LogP contribution in [0.3, 0.4) is 0 Å². The van der Waals surface area contributed by atoms with E-state index in [9.17, 15) is 0 Å². The van der Waals surface area contributed by atoms with E-state index in [1.807, 2.05) is 24.3 Å². The Kier molecular flexibility index (Phi) is 5.07. The molecule has 0 aliphatic rings. The SMILES string of the molecule is COc1ccc(OC)c(CCNc2ccnc(Cl)c2)c1. The zero-order chi connectivity index (χ0) is 14.4. The van der Waals surface area contributed by atoms with Crippen LogP contribution in [0.2, 0.25) is 5.15 Å². The van der Waals surface area contributed by atoms with Crippen molar-refractivity contribution < 1.29 is 9.47 Å². The molecule has 0 aliphatic heterocycles. The third kappa shape index (κ3) is 3.78. The molecule has 0 unspecified atom stereocenters. The van der Waals surface area contributed by atoms with E-state index >= 15 is 0 Å². The fourth-order valence-corrected chi connectivity index (χ4v) is 2.11. The van der Waals surface area contributed by atoms with Crippen molar-refractivity contribution in [1.82, 2.24) is 4.98 Å². The fourth-order valence-electron chi connectivity index (χ4n) is 1.93. The molecule has 0 radical (unpaired) electrons. The molecule has 0 saturated heterocycles. The van der Waals surface area contributed by atoms with Gasteiger partial charge in [-0.1, -0.05) is 11.6 Å². The maximum Gasteiger partial charge on any atom is 0.131 e. The zero-order valence-corrected chi connectivity index (χ0v) is 12.3. The van der Waals surface area contributed by atoms with Gasteiger partial charge in [-0.05, 0) is 42.3 Å². The van der Waals surface area contributed by atoms with Crippen LogP contribution in [0.15, 0.2) is 36.5 Å². The van der Waals surface area contributed by atoms with Crippen molar-refractivity contribution in [2.24, 2.45) is 0 Å². The fraction of sp³-hybridized carbons (Fsp3) is 0.267. The highest BCUT2D eigenvalue weighted by Crippen LogP contribution is 2.24. The number of hydrogen-bond acceptors (Lipinski definition) is 4. The first-order chi connectivity index (χ1) is 9.72. The van der Waals surface area contributed by atoms with Gasteiger partial charge in [0.05, 0.1) is 14.2 Å². The number of nitrogens with zero attached hydrogens (tertiary/aromatic N) is 1. The second-order valence-corrected chi connectivity index (χ2v) is 4.61. The van der Waals surface area contributed by atoms with Gasteiger partial charge in [-0.15, -0.1) is 0 Å². The molecule has 2 aromatic rings. The van der Waals surface area contributed by atoms with Gasteiger partial charge < -0.3 is 14.8 Å². The Morgan fingerprint density at radius 1 is 1.15 bits per heavy atom. The highest BCUT2D eigenvalue weighted by Gasteiger charge is 2.05. The molecule has 0 fully saturated rings. The molecule has 20 heavy (non-hydrogen) atoms. The van der Waals surface area contributed by atoms with Gasteiger partial charge in [0.25, 0.3) is 0 Å². The Balaban J connectivity index is 1.99. The molecule has 0 aliphatic carbocycles. The Morgan fingerprint density at radius 3 is 2.70 bits per heavy atom. The van der Waals surface area contributed by atoms with Gasteiger partial charge in [-0.25, -0.2) is 4.98 Å². The number of benzene rings is 1. The first kappa shape index (κ1) is 14.5. The number of rotatable bonds is 6. The van der Waals surface area contributed by atoms with E-state index in [0.29, 0.717) is 5.15 Å². The molecule has 0 atom stereocenters. The molecule has 5 heteroatoms. The predicted molar refractivity (Wildman–Crippen MR) is 81.0 cm³/mol. The van der Waals surface area contributed by atoms with Crippen molar-refractivity contribution >= 4 is 17.3 Å². The lowest BCUT2D eigenvalue weighted by Crippen LogP contribution is -2.06. The molecule has 0 saturated carbocycles. The van der Waals surface area contributed by atoms with E-state index in [1.165, 1.54) is 0 Å². The maximum atomic E-state index is 5.84. The molecular weight excluding hydrogens is 276 g/mol. The van der Waals surface area contributed by atoms with Crippen LogP contribution in [0.5, 0.6) is 11.5 Å². The summed E-state index contributed by atoms with van der Waals surface area (Å²) in [4.78, 5) is 3.95. The molecule has 0 bridgehead atoms. The van der Waals surface area contributed by atoms with Crippen LogP contribution in [0.25, 0.3) is 0 Å². The number of hydrogen-bond donors (Lipinski definition) is 1. The molecule has 0 amide bonds. The minimum absolute atomic E-state index is 0.481. The molecule has 1 N–H and O–H groups in total. The number of aromatic nitrogens is 1. The third-order valence-corrected chi connectivity index (χ3v) is 3.14. The van der Waals surface area contributed by atoms with Crippen molar-refractivity contribution in [3.63, 3.8) is 0 Å². The zero-order valence-electron chi connectivity index (χ0n) is 11.5. The quantitative estimate of drug-likeness (QED) is 0.829. The van der Waals surface area contributed by atoms with E-state index in [-0.39, 0.29) is 0 Å². The first-order valence-corrected chi connectivity index (χ1v) is 6.67. The molecule has 1 aromatic carbocycles. The van der Waals surface area contributed by atoms with Gasteiger partial charge in [0, 0.05) is 18.4 Å². The number of nitrogens with one attached hydrogen (secondary N) is 1. The lowest BCUT2D eigenvalue weighted by molar-refractivity contribution is 0.399. The van der Waals surface area contributed by atoms with E-state index in [2.05, 4.69) is 10.3 Å². The maximum absolute atomic E-state index is 5.84. The van der Waals surface area contributed by atoms with Gasteiger partial charge in [-0.2, -0.15) is 0 Å². The van der Waals surface area contributed by atoms with Crippen LogP contribution in [-0.2, 0) is 6.42 Å². The summed E-state index contributed by atoms with van der Waals surface area (Å²) in [6.07, 6.45) is 2.50. The third-order valence-electron chi connectivity index (χ3n) is 2.94. The molecule has 0 spiro atoms. The number of ether oxygens (including phenoxy) is 2. The van der Waals surface area contributed by atoms with Crippen LogP contribution in [-0.4, -0.2) is 25.7 Å². The summed E-state index contributed by atoms with van der Waals surface area (Å²) in [7, 11) is 3.32. The normalized spacial score (nSPS) is 10.2. The summed E-state index contributed by atoms with van der Waals surface area (Å²) >= 11 is 5.84. The summed E-state index contributed by atoms with van der Waals surface area (Å²) in [6.45, 7) is 0.768. The van der Waals surface area contributed by atoms with Crippen molar-refractivity contribution in [3.05, 3.63) is 47.2 Å². The van der Waals surface area contributed by atoms with Crippen LogP contribution in [0.1, 0.15) is 5.56 Å². The van der Waals surface area contributed by atoms with E-state index < -0.39 is 0 Å². The smallest absolute Gasteiger partial charge is 0.131 e. The standard InChI is InChI=1S/C15H17ClN2O2/c1-19-13-3-4-14(20-2)11(9-13)5-7-17-12-6-8-18-15(16)10-12/h3-4,6,8-10H,5,7H2,1-2H3,(H,17,18). The number of methoxy groups -OCH3 is 2. The lowest BCUT2D eigenvalue weighted by Gasteiger charge is -2.11. The summed E-state index contributed by atoms with van der Waals surface area (Å²) < 4.78 is 10.6. The highest BCUT2D eigenvalue weighted by molar-refractivity contribution is 6.29. The Hall–Kier alpha value is -1.94. The number of pyridine rings is 1. The minimum Gasteiger partial charge on any atom is -0.497 e. The average Bonchev–Trinajstić information content (AvgIpc) is 2.47. The summed E-state index contributed by atoms with van der Waals surface area (Å²) in [5, 5.41) is 3.78. The number of anilines is 1. The van der Waals surface area contributed by atoms with Crippen LogP contribution >= 0.6 is 11.6 Å². The Bertz CT molecular complexity index is 576. The predicted octanol–water partition coefficient (Wildman–Crippen LogP) is 3.41. The topological polar surface area (TPSA) is 43.4 Å². The average molecular weight is 293 g/mol. The van der Waals surface area contributed by atoms with E-state index in [0.717, 1.165) is 35.7 Å². The Labute approximate surface area is 123 Å². The van der Waals surface area contributed by atoms with E-state index in [1.54, 1.807) is 26.5 Å². The minimum atomic E-state index is 0.481. The van der Waals surface area contributed by atoms with Gasteiger partial charge in [0.1, 0.15) is 16.7 Å². The van der Waals surface area contributed by atoms with Crippen LogP contribution in [0, 0.1) is 0 Å². The van der Waals surface area contributed by atoms with Crippen LogP contribution < -0.4 is 14.8 Å². The molecule has 1 aromatic heterocycles. The Morgan fingerprint density at radius 2 is 2.00 bits per heavy atom. The van der Waals surface area contributed by atoms with Crippen LogP contribution in [0.4, 0.5) is 5.69 Å². The van der Waals surface area contributed by atoms with Gasteiger partial charge in [-0.3, -0.25) is 0 Å². The van der Waals surface area contributed by atoms with Gasteiger partial charge >= 0.3 is 0 Å². The molecule has 4 nitrogen and oxygen atoms in total. The van der Waals surface area contributed by atoms with Crippen molar-refractivity contribution in [2.45, 2.75) is 6.42 Å². The molecule has 106 valence electrons. The summed E-state index contributed by atoms with van der Waals surface area (Å²) in [5.41, 5.74) is 2.05. The first-order valence-electron chi connectivity index (χ1n) is 6.29. The number of halogens is 1. The molecule has 2 rings (SSSR count). The molecule has 1 heterocycles. The second kappa shape index (κ2) is 7.01. The summed E-state index contributed by atoms with van der Waals surface area (Å²) in [6, 6.07) is 9.47. The van der Waals surface area contributed by atoms with E-state index in [4.69, 9.17) is 21.1 Å². The van der Waals surface area contributed by atoms with Crippen molar-refractivity contribution in [3.8, 4) is 11.5 Å². The van der Waals surface area contributed by atoms with Crippen molar-refractivity contribution in [2.75, 3.05) is 26.1 Å². The summed E-state index contributed by atoms with van der Waals surface area (Å²) in [5.74, 6) is 1.69. The molecular formula is C15H17ClN2O2. The highest BCUT2D eigenvalue weighted by atomic mass is 35.5. The lowest BCUT2D eigenvalue weighted by atomic mass is 10.1.